The number of aryl methyl sites for hydroxylation is 2. The van der Waals surface area contributed by atoms with Gasteiger partial charge in [-0.15, -0.1) is 0 Å². The molecule has 0 radical (unpaired) electrons. The summed E-state index contributed by atoms with van der Waals surface area (Å²) in [4.78, 5) is 14.5. The van der Waals surface area contributed by atoms with E-state index >= 15 is 0 Å². The second kappa shape index (κ2) is 9.23. The van der Waals surface area contributed by atoms with Crippen LogP contribution >= 0.6 is 0 Å². The molecule has 0 bridgehead atoms. The van der Waals surface area contributed by atoms with Gasteiger partial charge in [0.2, 0.25) is 0 Å². The lowest BCUT2D eigenvalue weighted by atomic mass is 9.92. The van der Waals surface area contributed by atoms with Crippen LogP contribution < -0.4 is 10.1 Å². The summed E-state index contributed by atoms with van der Waals surface area (Å²) in [6.07, 6.45) is 8.52. The van der Waals surface area contributed by atoms with Crippen molar-refractivity contribution in [2.45, 2.75) is 51.9 Å². The SMILES string of the molecule is C[C@@H]1CCCN(CCCNC(=O)COc2ccc3c(c2)CCCC3)C1. The fourth-order valence-corrected chi connectivity index (χ4v) is 4.02. The van der Waals surface area contributed by atoms with Crippen molar-refractivity contribution in [1.29, 1.82) is 0 Å². The summed E-state index contributed by atoms with van der Waals surface area (Å²) >= 11 is 0. The van der Waals surface area contributed by atoms with Crippen LogP contribution in [0.1, 0.15) is 50.2 Å². The number of nitrogens with one attached hydrogen (secondary N) is 1. The Hall–Kier alpha value is -1.55. The standard InChI is InChI=1S/C21H32N2O2/c1-17-6-4-12-23(15-17)13-5-11-22-21(24)16-25-20-10-9-18-7-2-3-8-19(18)14-20/h9-10,14,17H,2-8,11-13,15-16H2,1H3,(H,22,24)/t17-/m1/s1. The molecule has 4 nitrogen and oxygen atoms in total. The molecule has 1 aromatic carbocycles. The minimum absolute atomic E-state index is 0.0234. The van der Waals surface area contributed by atoms with E-state index in [1.807, 2.05) is 6.07 Å². The van der Waals surface area contributed by atoms with Crippen LogP contribution in [-0.4, -0.2) is 43.6 Å². The second-order valence-electron chi connectivity index (χ2n) is 7.68. The summed E-state index contributed by atoms with van der Waals surface area (Å²) in [5.41, 5.74) is 2.83. The van der Waals surface area contributed by atoms with E-state index in [1.54, 1.807) is 0 Å². The fourth-order valence-electron chi connectivity index (χ4n) is 4.02. The molecule has 1 aliphatic heterocycles. The van der Waals surface area contributed by atoms with Gasteiger partial charge in [-0.3, -0.25) is 4.79 Å². The number of carbonyl (C=O) groups excluding carboxylic acids is 1. The lowest BCUT2D eigenvalue weighted by molar-refractivity contribution is -0.123. The zero-order chi connectivity index (χ0) is 17.5. The Bertz CT molecular complexity index is 573. The first-order valence-electron chi connectivity index (χ1n) is 9.94. The quantitative estimate of drug-likeness (QED) is 0.773. The van der Waals surface area contributed by atoms with Gasteiger partial charge in [0.1, 0.15) is 5.75 Å². The highest BCUT2D eigenvalue weighted by Crippen LogP contribution is 2.25. The number of fused-ring (bicyclic) bond motifs is 1. The first-order chi connectivity index (χ1) is 12.2. The first-order valence-corrected chi connectivity index (χ1v) is 9.94. The molecule has 1 saturated heterocycles. The predicted molar refractivity (Wildman–Crippen MR) is 101 cm³/mol. The number of likely N-dealkylation sites (tertiary alicyclic amines) is 1. The van der Waals surface area contributed by atoms with Gasteiger partial charge in [-0.05, 0) is 87.2 Å². The molecule has 1 amide bonds. The molecule has 138 valence electrons. The summed E-state index contributed by atoms with van der Waals surface area (Å²) < 4.78 is 5.67. The molecule has 1 heterocycles. The van der Waals surface area contributed by atoms with Gasteiger partial charge in [-0.2, -0.15) is 0 Å². The van der Waals surface area contributed by atoms with Crippen molar-refractivity contribution in [2.75, 3.05) is 32.8 Å². The molecule has 0 aromatic heterocycles. The monoisotopic (exact) mass is 344 g/mol. The maximum absolute atomic E-state index is 12.0. The van der Waals surface area contributed by atoms with Crippen LogP contribution in [0, 0.1) is 5.92 Å². The van der Waals surface area contributed by atoms with Crippen LogP contribution in [0.3, 0.4) is 0 Å². The minimum Gasteiger partial charge on any atom is -0.484 e. The van der Waals surface area contributed by atoms with Crippen LogP contribution in [0.15, 0.2) is 18.2 Å². The third-order valence-electron chi connectivity index (χ3n) is 5.40. The Balaban J connectivity index is 1.31. The zero-order valence-electron chi connectivity index (χ0n) is 15.6. The molecule has 1 aliphatic carbocycles. The maximum atomic E-state index is 12.0. The zero-order valence-corrected chi connectivity index (χ0v) is 15.6. The smallest absolute Gasteiger partial charge is 0.257 e. The van der Waals surface area contributed by atoms with Crippen molar-refractivity contribution >= 4 is 5.91 Å². The number of carbonyl (C=O) groups is 1. The van der Waals surface area contributed by atoms with Gasteiger partial charge in [-0.25, -0.2) is 0 Å². The molecule has 1 atom stereocenters. The van der Waals surface area contributed by atoms with E-state index in [2.05, 4.69) is 29.3 Å². The minimum atomic E-state index is -0.0234. The Morgan fingerprint density at radius 2 is 2.08 bits per heavy atom. The van der Waals surface area contributed by atoms with Crippen molar-refractivity contribution in [3.05, 3.63) is 29.3 Å². The van der Waals surface area contributed by atoms with Gasteiger partial charge in [-0.1, -0.05) is 13.0 Å². The van der Waals surface area contributed by atoms with E-state index < -0.39 is 0 Å². The average molecular weight is 344 g/mol. The van der Waals surface area contributed by atoms with Crippen molar-refractivity contribution in [2.24, 2.45) is 5.92 Å². The van der Waals surface area contributed by atoms with Gasteiger partial charge in [0.15, 0.2) is 6.61 Å². The molecule has 2 aliphatic rings. The van der Waals surface area contributed by atoms with Crippen LogP contribution in [0.2, 0.25) is 0 Å². The summed E-state index contributed by atoms with van der Waals surface area (Å²) in [7, 11) is 0. The topological polar surface area (TPSA) is 41.6 Å². The van der Waals surface area contributed by atoms with Crippen molar-refractivity contribution < 1.29 is 9.53 Å². The maximum Gasteiger partial charge on any atom is 0.257 e. The number of ether oxygens (including phenoxy) is 1. The molecule has 0 saturated carbocycles. The number of nitrogens with zero attached hydrogens (tertiary/aromatic N) is 1. The Morgan fingerprint density at radius 1 is 1.24 bits per heavy atom. The van der Waals surface area contributed by atoms with E-state index in [1.165, 1.54) is 56.3 Å². The third-order valence-corrected chi connectivity index (χ3v) is 5.40. The van der Waals surface area contributed by atoms with Crippen molar-refractivity contribution in [3.63, 3.8) is 0 Å². The molecule has 0 unspecified atom stereocenters. The van der Waals surface area contributed by atoms with Gasteiger partial charge >= 0.3 is 0 Å². The molecule has 25 heavy (non-hydrogen) atoms. The summed E-state index contributed by atoms with van der Waals surface area (Å²) in [6.45, 7) is 6.66. The normalized spacial score (nSPS) is 20.8. The highest BCUT2D eigenvalue weighted by Gasteiger charge is 2.15. The number of hydrogen-bond acceptors (Lipinski definition) is 3. The average Bonchev–Trinajstić information content (AvgIpc) is 2.63. The van der Waals surface area contributed by atoms with Gasteiger partial charge in [0.25, 0.3) is 5.91 Å². The summed E-state index contributed by atoms with van der Waals surface area (Å²) in [5, 5.41) is 2.98. The summed E-state index contributed by atoms with van der Waals surface area (Å²) in [6, 6.07) is 6.26. The molecule has 4 heteroatoms. The van der Waals surface area contributed by atoms with E-state index in [9.17, 15) is 4.79 Å². The Labute approximate surface area is 151 Å². The van der Waals surface area contributed by atoms with Crippen LogP contribution in [0.4, 0.5) is 0 Å². The summed E-state index contributed by atoms with van der Waals surface area (Å²) in [5.74, 6) is 1.61. The lowest BCUT2D eigenvalue weighted by Gasteiger charge is -2.30. The third kappa shape index (κ3) is 5.74. The number of benzene rings is 1. The van der Waals surface area contributed by atoms with Crippen LogP contribution in [-0.2, 0) is 17.6 Å². The molecule has 1 aromatic rings. The van der Waals surface area contributed by atoms with E-state index in [-0.39, 0.29) is 12.5 Å². The first kappa shape index (κ1) is 18.2. The lowest BCUT2D eigenvalue weighted by Crippen LogP contribution is -2.37. The van der Waals surface area contributed by atoms with E-state index in [4.69, 9.17) is 4.74 Å². The molecular formula is C21H32N2O2. The van der Waals surface area contributed by atoms with E-state index in [0.29, 0.717) is 0 Å². The van der Waals surface area contributed by atoms with Crippen molar-refractivity contribution in [3.8, 4) is 5.75 Å². The molecule has 0 spiro atoms. The predicted octanol–water partition coefficient (Wildman–Crippen LogP) is 3.18. The number of amides is 1. The second-order valence-corrected chi connectivity index (χ2v) is 7.68. The largest absolute Gasteiger partial charge is 0.484 e. The number of piperidine rings is 1. The Kier molecular flexibility index (Phi) is 6.74. The van der Waals surface area contributed by atoms with Crippen molar-refractivity contribution in [1.82, 2.24) is 10.2 Å². The highest BCUT2D eigenvalue weighted by atomic mass is 16.5. The number of rotatable bonds is 7. The highest BCUT2D eigenvalue weighted by molar-refractivity contribution is 5.77. The van der Waals surface area contributed by atoms with Crippen LogP contribution in [0.5, 0.6) is 5.75 Å². The fraction of sp³-hybridized carbons (Fsp3) is 0.667. The van der Waals surface area contributed by atoms with E-state index in [0.717, 1.165) is 37.6 Å². The Morgan fingerprint density at radius 3 is 2.92 bits per heavy atom. The molecular weight excluding hydrogens is 312 g/mol. The van der Waals surface area contributed by atoms with Gasteiger partial charge in [0.05, 0.1) is 0 Å². The van der Waals surface area contributed by atoms with Gasteiger partial charge < -0.3 is 15.0 Å². The van der Waals surface area contributed by atoms with Crippen LogP contribution in [0.25, 0.3) is 0 Å². The molecule has 1 N–H and O–H groups in total. The number of hydrogen-bond donors (Lipinski definition) is 1. The molecule has 3 rings (SSSR count). The van der Waals surface area contributed by atoms with Gasteiger partial charge in [0, 0.05) is 13.1 Å². The molecule has 1 fully saturated rings.